The van der Waals surface area contributed by atoms with E-state index < -0.39 is 0 Å². The molecule has 5 nitrogen and oxygen atoms in total. The molecule has 0 radical (unpaired) electrons. The first-order valence-corrected chi connectivity index (χ1v) is 4.69. The minimum atomic E-state index is -0.0492. The lowest BCUT2D eigenvalue weighted by atomic mass is 10.4. The lowest BCUT2D eigenvalue weighted by molar-refractivity contribution is -0.120. The van der Waals surface area contributed by atoms with E-state index in [4.69, 9.17) is 4.74 Å². The summed E-state index contributed by atoms with van der Waals surface area (Å²) < 4.78 is 5.20. The van der Waals surface area contributed by atoms with Crippen molar-refractivity contribution >= 4 is 11.8 Å². The predicted molar refractivity (Wildman–Crippen MR) is 52.8 cm³/mol. The van der Waals surface area contributed by atoms with Crippen LogP contribution in [0.2, 0.25) is 0 Å². The van der Waals surface area contributed by atoms with Crippen molar-refractivity contribution in [1.82, 2.24) is 10.6 Å². The van der Waals surface area contributed by atoms with Crippen LogP contribution in [0.3, 0.4) is 0 Å². The Morgan fingerprint density at radius 3 is 2.14 bits per heavy atom. The minimum Gasteiger partial charge on any atom is -0.380 e. The zero-order chi connectivity index (χ0) is 10.8. The van der Waals surface area contributed by atoms with Crippen LogP contribution < -0.4 is 10.6 Å². The van der Waals surface area contributed by atoms with Crippen molar-refractivity contribution in [2.75, 3.05) is 26.3 Å². The van der Waals surface area contributed by atoms with Crippen molar-refractivity contribution in [3.8, 4) is 0 Å². The molecule has 0 aliphatic heterocycles. The van der Waals surface area contributed by atoms with Crippen LogP contribution in [0, 0.1) is 0 Å². The number of hydrogen-bond donors (Lipinski definition) is 2. The van der Waals surface area contributed by atoms with Crippen molar-refractivity contribution < 1.29 is 14.3 Å². The second-order valence-electron chi connectivity index (χ2n) is 2.93. The number of nitrogens with one attached hydrogen (secondary N) is 2. The molecule has 0 aromatic carbocycles. The lowest BCUT2D eigenvalue weighted by Gasteiger charge is -2.04. The first-order valence-electron chi connectivity index (χ1n) is 4.69. The number of carbonyl (C=O) groups is 2. The van der Waals surface area contributed by atoms with E-state index in [9.17, 15) is 9.59 Å². The second-order valence-corrected chi connectivity index (χ2v) is 2.93. The molecule has 0 saturated heterocycles. The predicted octanol–water partition coefficient (Wildman–Crippen LogP) is -0.335. The summed E-state index contributed by atoms with van der Waals surface area (Å²) in [5.41, 5.74) is 0. The Kier molecular flexibility index (Phi) is 7.83. The maximum absolute atomic E-state index is 10.5. The second kappa shape index (κ2) is 8.50. The monoisotopic (exact) mass is 202 g/mol. The van der Waals surface area contributed by atoms with Gasteiger partial charge in [-0.2, -0.15) is 0 Å². The van der Waals surface area contributed by atoms with Gasteiger partial charge in [0.1, 0.15) is 0 Å². The highest BCUT2D eigenvalue weighted by atomic mass is 16.5. The molecular weight excluding hydrogens is 184 g/mol. The van der Waals surface area contributed by atoms with E-state index in [1.165, 1.54) is 13.8 Å². The van der Waals surface area contributed by atoms with Gasteiger partial charge in [0, 0.05) is 33.5 Å². The van der Waals surface area contributed by atoms with Crippen LogP contribution in [-0.4, -0.2) is 38.1 Å². The van der Waals surface area contributed by atoms with Gasteiger partial charge in [-0.1, -0.05) is 0 Å². The zero-order valence-electron chi connectivity index (χ0n) is 8.76. The molecule has 0 aromatic rings. The molecule has 0 aromatic heterocycles. The van der Waals surface area contributed by atoms with Crippen LogP contribution in [0.25, 0.3) is 0 Å². The molecule has 0 fully saturated rings. The number of ether oxygens (including phenoxy) is 1. The number of rotatable bonds is 7. The minimum absolute atomic E-state index is 0.0248. The summed E-state index contributed by atoms with van der Waals surface area (Å²) in [6, 6.07) is 0. The highest BCUT2D eigenvalue weighted by molar-refractivity contribution is 5.73. The van der Waals surface area contributed by atoms with E-state index in [2.05, 4.69) is 10.6 Å². The van der Waals surface area contributed by atoms with Crippen LogP contribution in [0.1, 0.15) is 20.3 Å². The van der Waals surface area contributed by atoms with Gasteiger partial charge in [0.15, 0.2) is 0 Å². The average Bonchev–Trinajstić information content (AvgIpc) is 2.08. The summed E-state index contributed by atoms with van der Waals surface area (Å²) in [5, 5.41) is 5.29. The quantitative estimate of drug-likeness (QED) is 0.555. The average molecular weight is 202 g/mol. The Balaban J connectivity index is 2.99. The third kappa shape index (κ3) is 10.9. The molecular formula is C9H18N2O3. The molecule has 0 spiro atoms. The SMILES string of the molecule is CC(=O)NCCCOCCNC(C)=O. The molecule has 5 heteroatoms. The highest BCUT2D eigenvalue weighted by Crippen LogP contribution is 1.80. The first-order chi connectivity index (χ1) is 6.63. The van der Waals surface area contributed by atoms with Gasteiger partial charge in [0.05, 0.1) is 6.61 Å². The summed E-state index contributed by atoms with van der Waals surface area (Å²) in [5.74, 6) is -0.0740. The molecule has 2 amide bonds. The fourth-order valence-electron chi connectivity index (χ4n) is 0.840. The van der Waals surface area contributed by atoms with Crippen molar-refractivity contribution in [1.29, 1.82) is 0 Å². The first kappa shape index (κ1) is 12.9. The summed E-state index contributed by atoms with van der Waals surface area (Å²) in [6.45, 7) is 5.23. The fourth-order valence-corrected chi connectivity index (χ4v) is 0.840. The van der Waals surface area contributed by atoms with Gasteiger partial charge in [-0.3, -0.25) is 9.59 Å². The molecule has 0 bridgehead atoms. The van der Waals surface area contributed by atoms with E-state index >= 15 is 0 Å². The van der Waals surface area contributed by atoms with E-state index in [0.29, 0.717) is 26.3 Å². The summed E-state index contributed by atoms with van der Waals surface area (Å²) in [7, 11) is 0. The lowest BCUT2D eigenvalue weighted by Crippen LogP contribution is -2.25. The third-order valence-corrected chi connectivity index (χ3v) is 1.46. The Labute approximate surface area is 84.2 Å². The fraction of sp³-hybridized carbons (Fsp3) is 0.778. The largest absolute Gasteiger partial charge is 0.380 e. The number of carbonyl (C=O) groups excluding carboxylic acids is 2. The highest BCUT2D eigenvalue weighted by Gasteiger charge is 1.92. The third-order valence-electron chi connectivity index (χ3n) is 1.46. The van der Waals surface area contributed by atoms with Crippen LogP contribution in [0.5, 0.6) is 0 Å². The summed E-state index contributed by atoms with van der Waals surface area (Å²) in [6.07, 6.45) is 0.791. The van der Waals surface area contributed by atoms with E-state index in [1.54, 1.807) is 0 Å². The van der Waals surface area contributed by atoms with Crippen molar-refractivity contribution in [2.45, 2.75) is 20.3 Å². The van der Waals surface area contributed by atoms with Gasteiger partial charge in [0.25, 0.3) is 0 Å². The molecule has 0 saturated carbocycles. The van der Waals surface area contributed by atoms with Crippen molar-refractivity contribution in [2.24, 2.45) is 0 Å². The van der Waals surface area contributed by atoms with Gasteiger partial charge in [-0.05, 0) is 6.42 Å². The Morgan fingerprint density at radius 2 is 1.57 bits per heavy atom. The molecule has 2 N–H and O–H groups in total. The Morgan fingerprint density at radius 1 is 1.00 bits per heavy atom. The van der Waals surface area contributed by atoms with Gasteiger partial charge in [-0.25, -0.2) is 0 Å². The van der Waals surface area contributed by atoms with E-state index in [0.717, 1.165) is 6.42 Å². The van der Waals surface area contributed by atoms with Crippen LogP contribution in [0.4, 0.5) is 0 Å². The molecule has 0 aliphatic carbocycles. The number of hydrogen-bond acceptors (Lipinski definition) is 3. The van der Waals surface area contributed by atoms with Crippen LogP contribution in [-0.2, 0) is 14.3 Å². The van der Waals surface area contributed by atoms with Crippen molar-refractivity contribution in [3.63, 3.8) is 0 Å². The summed E-state index contributed by atoms with van der Waals surface area (Å²) in [4.78, 5) is 20.9. The standard InChI is InChI=1S/C9H18N2O3/c1-8(12)10-4-3-6-14-7-5-11-9(2)13/h3-7H2,1-2H3,(H,10,12)(H,11,13). The van der Waals surface area contributed by atoms with Gasteiger partial charge < -0.3 is 15.4 Å². The van der Waals surface area contributed by atoms with Crippen LogP contribution in [0.15, 0.2) is 0 Å². The van der Waals surface area contributed by atoms with Crippen LogP contribution >= 0.6 is 0 Å². The molecule has 14 heavy (non-hydrogen) atoms. The molecule has 0 atom stereocenters. The maximum atomic E-state index is 10.5. The Bertz CT molecular complexity index is 163. The Hall–Kier alpha value is -1.10. The summed E-state index contributed by atoms with van der Waals surface area (Å²) >= 11 is 0. The zero-order valence-corrected chi connectivity index (χ0v) is 8.76. The topological polar surface area (TPSA) is 67.4 Å². The molecule has 0 rings (SSSR count). The van der Waals surface area contributed by atoms with Gasteiger partial charge >= 0.3 is 0 Å². The van der Waals surface area contributed by atoms with Gasteiger partial charge in [0.2, 0.25) is 11.8 Å². The normalized spacial score (nSPS) is 9.57. The smallest absolute Gasteiger partial charge is 0.216 e. The number of amides is 2. The maximum Gasteiger partial charge on any atom is 0.216 e. The van der Waals surface area contributed by atoms with E-state index in [1.807, 2.05) is 0 Å². The molecule has 82 valence electrons. The molecule has 0 aliphatic rings. The van der Waals surface area contributed by atoms with Crippen molar-refractivity contribution in [3.05, 3.63) is 0 Å². The molecule has 0 heterocycles. The van der Waals surface area contributed by atoms with Gasteiger partial charge in [-0.15, -0.1) is 0 Å². The molecule has 0 unspecified atom stereocenters. The van der Waals surface area contributed by atoms with E-state index in [-0.39, 0.29) is 11.8 Å².